The smallest absolute Gasteiger partial charge is 0.322 e. The minimum atomic E-state index is -0.478. The largest absolute Gasteiger partial charge is 0.491 e. The van der Waals surface area contributed by atoms with Crippen molar-refractivity contribution in [2.45, 2.75) is 26.9 Å². The van der Waals surface area contributed by atoms with Crippen LogP contribution in [-0.2, 0) is 17.9 Å². The van der Waals surface area contributed by atoms with Gasteiger partial charge in [-0.25, -0.2) is 9.18 Å². The van der Waals surface area contributed by atoms with E-state index in [9.17, 15) is 14.0 Å². The summed E-state index contributed by atoms with van der Waals surface area (Å²) in [6, 6.07) is 11.4. The van der Waals surface area contributed by atoms with Crippen LogP contribution in [0, 0.1) is 5.82 Å². The molecule has 2 aromatic rings. The molecule has 3 rings (SSSR count). The first-order chi connectivity index (χ1) is 13.5. The fourth-order valence-electron chi connectivity index (χ4n) is 3.14. The molecule has 1 N–H and O–H groups in total. The third-order valence-corrected chi connectivity index (χ3v) is 4.71. The number of fused-ring (bicyclic) bond motifs is 1. The van der Waals surface area contributed by atoms with Crippen molar-refractivity contribution in [2.75, 3.05) is 25.0 Å². The van der Waals surface area contributed by atoms with Crippen molar-refractivity contribution in [3.05, 3.63) is 59.4 Å². The van der Waals surface area contributed by atoms with E-state index in [1.54, 1.807) is 28.9 Å². The highest BCUT2D eigenvalue weighted by Crippen LogP contribution is 2.25. The van der Waals surface area contributed by atoms with Gasteiger partial charge in [-0.2, -0.15) is 0 Å². The average Bonchev–Trinajstić information content (AvgIpc) is 2.89. The number of halogens is 1. The fraction of sp³-hybridized carbons (Fsp3) is 0.333. The van der Waals surface area contributed by atoms with E-state index in [0.29, 0.717) is 32.8 Å². The van der Waals surface area contributed by atoms with Gasteiger partial charge in [0, 0.05) is 25.6 Å². The predicted molar refractivity (Wildman–Crippen MR) is 105 cm³/mol. The number of ether oxygens (including phenoxy) is 1. The average molecular weight is 385 g/mol. The molecule has 0 spiro atoms. The first kappa shape index (κ1) is 19.7. The van der Waals surface area contributed by atoms with Crippen LogP contribution in [-0.4, -0.2) is 41.4 Å². The SMILES string of the molecule is CCN(Cc1ccc2c(c1)CN(C(=O)Nc1ccccc1F)CCO2)C(C)=O. The highest BCUT2D eigenvalue weighted by Gasteiger charge is 2.21. The number of anilines is 1. The van der Waals surface area contributed by atoms with Crippen molar-refractivity contribution in [2.24, 2.45) is 0 Å². The molecule has 3 amide bonds. The van der Waals surface area contributed by atoms with Gasteiger partial charge in [-0.1, -0.05) is 18.2 Å². The number of urea groups is 1. The third-order valence-electron chi connectivity index (χ3n) is 4.71. The minimum absolute atomic E-state index is 0.0135. The van der Waals surface area contributed by atoms with Crippen LogP contribution in [0.4, 0.5) is 14.9 Å². The van der Waals surface area contributed by atoms with Crippen LogP contribution in [0.25, 0.3) is 0 Å². The van der Waals surface area contributed by atoms with Crippen LogP contribution in [0.3, 0.4) is 0 Å². The number of nitrogens with zero attached hydrogens (tertiary/aromatic N) is 2. The van der Waals surface area contributed by atoms with Crippen molar-refractivity contribution in [1.29, 1.82) is 0 Å². The summed E-state index contributed by atoms with van der Waals surface area (Å²) in [5.74, 6) is 0.254. The van der Waals surface area contributed by atoms with E-state index in [-0.39, 0.29) is 17.6 Å². The van der Waals surface area contributed by atoms with Gasteiger partial charge in [0.05, 0.1) is 18.8 Å². The maximum absolute atomic E-state index is 13.8. The third kappa shape index (κ3) is 4.60. The van der Waals surface area contributed by atoms with Crippen molar-refractivity contribution < 1.29 is 18.7 Å². The van der Waals surface area contributed by atoms with E-state index < -0.39 is 5.82 Å². The molecule has 0 bridgehead atoms. The number of carbonyl (C=O) groups is 2. The molecular formula is C21H24FN3O3. The number of hydrogen-bond acceptors (Lipinski definition) is 3. The molecule has 0 saturated heterocycles. The van der Waals surface area contributed by atoms with Gasteiger partial charge in [0.2, 0.25) is 5.91 Å². The van der Waals surface area contributed by atoms with Gasteiger partial charge in [0.15, 0.2) is 0 Å². The van der Waals surface area contributed by atoms with E-state index in [1.165, 1.54) is 12.1 Å². The van der Waals surface area contributed by atoms with Crippen molar-refractivity contribution in [1.82, 2.24) is 9.80 Å². The van der Waals surface area contributed by atoms with E-state index in [4.69, 9.17) is 4.74 Å². The summed E-state index contributed by atoms with van der Waals surface area (Å²) >= 11 is 0. The predicted octanol–water partition coefficient (Wildman–Crippen LogP) is 3.62. The summed E-state index contributed by atoms with van der Waals surface area (Å²) in [4.78, 5) is 27.6. The van der Waals surface area contributed by atoms with Gasteiger partial charge in [-0.3, -0.25) is 4.79 Å². The zero-order valence-electron chi connectivity index (χ0n) is 16.1. The van der Waals surface area contributed by atoms with Crippen LogP contribution >= 0.6 is 0 Å². The summed E-state index contributed by atoms with van der Waals surface area (Å²) in [6.45, 7) is 5.69. The molecule has 1 aliphatic rings. The van der Waals surface area contributed by atoms with Crippen molar-refractivity contribution >= 4 is 17.6 Å². The second-order valence-electron chi connectivity index (χ2n) is 6.66. The van der Waals surface area contributed by atoms with E-state index >= 15 is 0 Å². The molecule has 28 heavy (non-hydrogen) atoms. The summed E-state index contributed by atoms with van der Waals surface area (Å²) in [5.41, 5.74) is 1.97. The molecule has 0 aromatic heterocycles. The van der Waals surface area contributed by atoms with Gasteiger partial charge in [-0.15, -0.1) is 0 Å². The van der Waals surface area contributed by atoms with Gasteiger partial charge in [0.25, 0.3) is 0 Å². The van der Waals surface area contributed by atoms with E-state index in [2.05, 4.69) is 5.32 Å². The molecule has 7 heteroatoms. The number of carbonyl (C=O) groups excluding carboxylic acids is 2. The molecule has 1 heterocycles. The first-order valence-corrected chi connectivity index (χ1v) is 9.28. The van der Waals surface area contributed by atoms with Crippen LogP contribution in [0.15, 0.2) is 42.5 Å². The molecule has 1 aliphatic heterocycles. The van der Waals surface area contributed by atoms with Crippen LogP contribution in [0.1, 0.15) is 25.0 Å². The zero-order valence-corrected chi connectivity index (χ0v) is 16.1. The molecule has 0 aliphatic carbocycles. The second-order valence-corrected chi connectivity index (χ2v) is 6.66. The van der Waals surface area contributed by atoms with Crippen molar-refractivity contribution in [3.8, 4) is 5.75 Å². The molecule has 0 unspecified atom stereocenters. The van der Waals surface area contributed by atoms with Gasteiger partial charge in [-0.05, 0) is 36.8 Å². The Bertz CT molecular complexity index is 872. The molecule has 0 radical (unpaired) electrons. The lowest BCUT2D eigenvalue weighted by Gasteiger charge is -2.22. The second kappa shape index (κ2) is 8.73. The van der Waals surface area contributed by atoms with Crippen LogP contribution < -0.4 is 10.1 Å². The molecule has 2 aromatic carbocycles. The summed E-state index contributed by atoms with van der Waals surface area (Å²) in [7, 11) is 0. The molecule has 0 saturated carbocycles. The Kier molecular flexibility index (Phi) is 6.13. The molecule has 148 valence electrons. The van der Waals surface area contributed by atoms with Crippen molar-refractivity contribution in [3.63, 3.8) is 0 Å². The molecule has 0 atom stereocenters. The maximum Gasteiger partial charge on any atom is 0.322 e. The number of benzene rings is 2. The Morgan fingerprint density at radius 2 is 2.04 bits per heavy atom. The lowest BCUT2D eigenvalue weighted by atomic mass is 10.1. The number of rotatable bonds is 4. The Morgan fingerprint density at radius 1 is 1.25 bits per heavy atom. The number of amides is 3. The van der Waals surface area contributed by atoms with Gasteiger partial charge < -0.3 is 19.9 Å². The topological polar surface area (TPSA) is 61.9 Å². The Morgan fingerprint density at radius 3 is 2.75 bits per heavy atom. The van der Waals surface area contributed by atoms with Gasteiger partial charge in [0.1, 0.15) is 18.2 Å². The zero-order chi connectivity index (χ0) is 20.1. The highest BCUT2D eigenvalue weighted by molar-refractivity contribution is 5.89. The molecular weight excluding hydrogens is 361 g/mol. The summed E-state index contributed by atoms with van der Waals surface area (Å²) < 4.78 is 19.6. The molecule has 6 nitrogen and oxygen atoms in total. The minimum Gasteiger partial charge on any atom is -0.491 e. The fourth-order valence-corrected chi connectivity index (χ4v) is 3.14. The highest BCUT2D eigenvalue weighted by atomic mass is 19.1. The normalized spacial score (nSPS) is 13.2. The first-order valence-electron chi connectivity index (χ1n) is 9.28. The number of hydrogen-bond donors (Lipinski definition) is 1. The maximum atomic E-state index is 13.8. The Hall–Kier alpha value is -3.09. The van der Waals surface area contributed by atoms with Crippen LogP contribution in [0.5, 0.6) is 5.75 Å². The molecule has 0 fully saturated rings. The summed E-state index contributed by atoms with van der Waals surface area (Å²) in [5, 5.41) is 2.61. The Balaban J connectivity index is 1.75. The number of para-hydroxylation sites is 1. The lowest BCUT2D eigenvalue weighted by Crippen LogP contribution is -2.36. The van der Waals surface area contributed by atoms with E-state index in [0.717, 1.165) is 16.9 Å². The lowest BCUT2D eigenvalue weighted by molar-refractivity contribution is -0.129. The quantitative estimate of drug-likeness (QED) is 0.874. The van der Waals surface area contributed by atoms with Gasteiger partial charge >= 0.3 is 6.03 Å². The standard InChI is InChI=1S/C21H24FN3O3/c1-3-24(15(2)26)13-16-8-9-20-17(12-16)14-25(10-11-28-20)21(27)23-19-7-5-4-6-18(19)22/h4-9,12H,3,10-11,13-14H2,1-2H3,(H,23,27). The summed E-state index contributed by atoms with van der Waals surface area (Å²) in [6.07, 6.45) is 0. The van der Waals surface area contributed by atoms with E-state index in [1.807, 2.05) is 25.1 Å². The monoisotopic (exact) mass is 385 g/mol. The Labute approximate surface area is 163 Å². The number of nitrogens with one attached hydrogen (secondary N) is 1. The van der Waals surface area contributed by atoms with Crippen LogP contribution in [0.2, 0.25) is 0 Å².